The number of nitrogens with one attached hydrogen (secondary N) is 1. The Labute approximate surface area is 143 Å². The number of amides is 1. The molecule has 0 saturated heterocycles. The fourth-order valence-electron chi connectivity index (χ4n) is 2.58. The molecule has 2 rings (SSSR count). The number of carbonyl (C=O) groups is 1. The van der Waals surface area contributed by atoms with E-state index in [1.165, 1.54) is 5.56 Å². The highest BCUT2D eigenvalue weighted by Gasteiger charge is 2.19. The van der Waals surface area contributed by atoms with Crippen molar-refractivity contribution in [3.8, 4) is 0 Å². The summed E-state index contributed by atoms with van der Waals surface area (Å²) in [6.07, 6.45) is 0. The highest BCUT2D eigenvalue weighted by Crippen LogP contribution is 2.16. The van der Waals surface area contributed by atoms with Crippen LogP contribution in [0.1, 0.15) is 31.0 Å². The van der Waals surface area contributed by atoms with E-state index in [1.54, 1.807) is 0 Å². The molecule has 0 spiro atoms. The van der Waals surface area contributed by atoms with Crippen LogP contribution in [-0.2, 0) is 11.3 Å². The van der Waals surface area contributed by atoms with Crippen LogP contribution in [0.4, 0.5) is 0 Å². The van der Waals surface area contributed by atoms with Crippen molar-refractivity contribution in [1.29, 1.82) is 0 Å². The average Bonchev–Trinajstić information content (AvgIpc) is 2.55. The number of quaternary nitrogens is 1. The summed E-state index contributed by atoms with van der Waals surface area (Å²) in [7, 11) is 0. The zero-order valence-electron chi connectivity index (χ0n) is 13.6. The third kappa shape index (κ3) is 5.70. The second-order valence-electron chi connectivity index (χ2n) is 6.02. The van der Waals surface area contributed by atoms with Crippen molar-refractivity contribution in [3.63, 3.8) is 0 Å². The minimum atomic E-state index is 0.0431. The fourth-order valence-corrected chi connectivity index (χ4v) is 2.70. The largest absolute Gasteiger partial charge is 0.347 e. The molecule has 3 N–H and O–H groups in total. The number of nitrogens with two attached hydrogens (primary N) is 1. The van der Waals surface area contributed by atoms with Crippen LogP contribution in [0.25, 0.3) is 0 Å². The van der Waals surface area contributed by atoms with Gasteiger partial charge >= 0.3 is 0 Å². The van der Waals surface area contributed by atoms with E-state index >= 15 is 0 Å². The molecule has 1 amide bonds. The molecule has 2 aromatic rings. The van der Waals surface area contributed by atoms with Gasteiger partial charge in [-0.1, -0.05) is 67.9 Å². The van der Waals surface area contributed by atoms with E-state index in [9.17, 15) is 4.79 Å². The lowest BCUT2D eigenvalue weighted by molar-refractivity contribution is -0.692. The molecule has 0 radical (unpaired) electrons. The quantitative estimate of drug-likeness (QED) is 0.805. The van der Waals surface area contributed by atoms with Crippen LogP contribution in [0.3, 0.4) is 0 Å². The van der Waals surface area contributed by atoms with Gasteiger partial charge in [0.15, 0.2) is 6.54 Å². The van der Waals surface area contributed by atoms with E-state index in [4.69, 9.17) is 11.6 Å². The first kappa shape index (κ1) is 17.5. The van der Waals surface area contributed by atoms with Crippen molar-refractivity contribution in [3.05, 3.63) is 70.7 Å². The van der Waals surface area contributed by atoms with Crippen LogP contribution < -0.4 is 10.6 Å². The van der Waals surface area contributed by atoms with E-state index in [2.05, 4.69) is 36.6 Å². The Morgan fingerprint density at radius 3 is 2.35 bits per heavy atom. The molecule has 0 heterocycles. The standard InChI is InChI=1S/C19H23ClN2O/c1-14(2)19(16-6-4-3-5-7-16)22-13-18(23)21-12-15-8-10-17(20)11-9-15/h3-11,14,19,22H,12-13H2,1-2H3,(H,21,23)/p+1/t19-/m0/s1. The third-order valence-corrected chi connectivity index (χ3v) is 4.11. The molecule has 122 valence electrons. The number of halogens is 1. The number of rotatable bonds is 7. The Morgan fingerprint density at radius 2 is 1.74 bits per heavy atom. The molecule has 0 aromatic heterocycles. The van der Waals surface area contributed by atoms with E-state index in [0.29, 0.717) is 24.0 Å². The highest BCUT2D eigenvalue weighted by atomic mass is 35.5. The number of hydrogen-bond donors (Lipinski definition) is 2. The predicted octanol–water partition coefficient (Wildman–Crippen LogP) is 2.92. The normalized spacial score (nSPS) is 12.2. The molecular weight excluding hydrogens is 308 g/mol. The van der Waals surface area contributed by atoms with Crippen molar-refractivity contribution in [2.45, 2.75) is 26.4 Å². The highest BCUT2D eigenvalue weighted by molar-refractivity contribution is 6.30. The van der Waals surface area contributed by atoms with Crippen molar-refractivity contribution in [2.24, 2.45) is 5.92 Å². The maximum absolute atomic E-state index is 12.1. The molecule has 0 fully saturated rings. The Hall–Kier alpha value is -1.84. The van der Waals surface area contributed by atoms with Crippen LogP contribution in [0.15, 0.2) is 54.6 Å². The van der Waals surface area contributed by atoms with Gasteiger partial charge in [0.05, 0.1) is 0 Å². The summed E-state index contributed by atoms with van der Waals surface area (Å²) in [5.41, 5.74) is 2.30. The van der Waals surface area contributed by atoms with Crippen LogP contribution in [0.2, 0.25) is 5.02 Å². The first-order valence-corrected chi connectivity index (χ1v) is 8.33. The van der Waals surface area contributed by atoms with Gasteiger partial charge in [-0.3, -0.25) is 4.79 Å². The smallest absolute Gasteiger partial charge is 0.275 e. The second kappa shape index (κ2) is 8.70. The molecule has 0 saturated carbocycles. The number of carbonyl (C=O) groups excluding carboxylic acids is 1. The van der Waals surface area contributed by atoms with Gasteiger partial charge in [-0.2, -0.15) is 0 Å². The summed E-state index contributed by atoms with van der Waals surface area (Å²) < 4.78 is 0. The zero-order valence-corrected chi connectivity index (χ0v) is 14.4. The topological polar surface area (TPSA) is 45.7 Å². The van der Waals surface area contributed by atoms with Crippen molar-refractivity contribution >= 4 is 17.5 Å². The van der Waals surface area contributed by atoms with Gasteiger partial charge in [0.25, 0.3) is 5.91 Å². The number of benzene rings is 2. The first-order valence-electron chi connectivity index (χ1n) is 7.95. The lowest BCUT2D eigenvalue weighted by Gasteiger charge is -2.19. The lowest BCUT2D eigenvalue weighted by atomic mass is 9.96. The minimum absolute atomic E-state index is 0.0431. The van der Waals surface area contributed by atoms with Crippen LogP contribution in [0, 0.1) is 5.92 Å². The van der Waals surface area contributed by atoms with Crippen molar-refractivity contribution < 1.29 is 10.1 Å². The molecule has 1 atom stereocenters. The minimum Gasteiger partial charge on any atom is -0.347 e. The molecule has 23 heavy (non-hydrogen) atoms. The van der Waals surface area contributed by atoms with Gasteiger partial charge in [0.1, 0.15) is 6.04 Å². The van der Waals surface area contributed by atoms with E-state index in [0.717, 1.165) is 5.56 Å². The molecule has 2 aromatic carbocycles. The molecule has 0 aliphatic carbocycles. The van der Waals surface area contributed by atoms with Crippen LogP contribution in [0.5, 0.6) is 0 Å². The molecular formula is C19H24ClN2O+. The van der Waals surface area contributed by atoms with E-state index in [-0.39, 0.29) is 11.9 Å². The first-order chi connectivity index (χ1) is 11.1. The van der Waals surface area contributed by atoms with Crippen LogP contribution in [-0.4, -0.2) is 12.5 Å². The summed E-state index contributed by atoms with van der Waals surface area (Å²) >= 11 is 5.85. The van der Waals surface area contributed by atoms with Gasteiger partial charge < -0.3 is 10.6 Å². The summed E-state index contributed by atoms with van der Waals surface area (Å²) in [4.78, 5) is 12.1. The van der Waals surface area contributed by atoms with Crippen molar-refractivity contribution in [2.75, 3.05) is 6.54 Å². The van der Waals surface area contributed by atoms with Gasteiger partial charge in [-0.25, -0.2) is 0 Å². The zero-order chi connectivity index (χ0) is 16.7. The second-order valence-corrected chi connectivity index (χ2v) is 6.46. The number of hydrogen-bond acceptors (Lipinski definition) is 1. The van der Waals surface area contributed by atoms with Gasteiger partial charge in [0, 0.05) is 23.0 Å². The van der Waals surface area contributed by atoms with Gasteiger partial charge in [0.2, 0.25) is 0 Å². The Bertz CT molecular complexity index is 611. The Kier molecular flexibility index (Phi) is 6.63. The SMILES string of the molecule is CC(C)[C@H]([NH2+]CC(=O)NCc1ccc(Cl)cc1)c1ccccc1. The monoisotopic (exact) mass is 331 g/mol. The summed E-state index contributed by atoms with van der Waals surface area (Å²) in [5, 5.41) is 5.76. The molecule has 0 aliphatic rings. The molecule has 0 aliphatic heterocycles. The van der Waals surface area contributed by atoms with Crippen LogP contribution >= 0.6 is 11.6 Å². The van der Waals surface area contributed by atoms with E-state index in [1.807, 2.05) is 42.5 Å². The van der Waals surface area contributed by atoms with E-state index < -0.39 is 0 Å². The van der Waals surface area contributed by atoms with Gasteiger partial charge in [-0.05, 0) is 17.7 Å². The predicted molar refractivity (Wildman–Crippen MR) is 94.1 cm³/mol. The lowest BCUT2D eigenvalue weighted by Crippen LogP contribution is -2.88. The average molecular weight is 332 g/mol. The molecule has 0 bridgehead atoms. The molecule has 3 nitrogen and oxygen atoms in total. The molecule has 0 unspecified atom stereocenters. The maximum Gasteiger partial charge on any atom is 0.275 e. The third-order valence-electron chi connectivity index (χ3n) is 3.86. The fraction of sp³-hybridized carbons (Fsp3) is 0.316. The molecule has 4 heteroatoms. The summed E-state index contributed by atoms with van der Waals surface area (Å²) in [5.74, 6) is 0.503. The Morgan fingerprint density at radius 1 is 1.09 bits per heavy atom. The summed E-state index contributed by atoms with van der Waals surface area (Å²) in [6, 6.07) is 18.1. The Balaban J connectivity index is 1.83. The van der Waals surface area contributed by atoms with Crippen molar-refractivity contribution in [1.82, 2.24) is 5.32 Å². The maximum atomic E-state index is 12.1. The van der Waals surface area contributed by atoms with Gasteiger partial charge in [-0.15, -0.1) is 0 Å². The summed E-state index contributed by atoms with van der Waals surface area (Å²) in [6.45, 7) is 5.31.